The van der Waals surface area contributed by atoms with Crippen LogP contribution in [0.5, 0.6) is 0 Å². The number of rotatable bonds is 5. The van der Waals surface area contributed by atoms with Crippen molar-refractivity contribution in [3.8, 4) is 0 Å². The molecule has 2 aromatic carbocycles. The zero-order chi connectivity index (χ0) is 20.1. The molecular weight excluding hydrogens is 348 g/mol. The molecule has 1 N–H and O–H groups in total. The van der Waals surface area contributed by atoms with Gasteiger partial charge in [0, 0.05) is 56.3 Å². The fourth-order valence-electron chi connectivity index (χ4n) is 3.98. The smallest absolute Gasteiger partial charge is 0.321 e. The van der Waals surface area contributed by atoms with Gasteiger partial charge in [-0.15, -0.1) is 0 Å². The van der Waals surface area contributed by atoms with Gasteiger partial charge in [-0.05, 0) is 63.1 Å². The number of nitrogens with one attached hydrogen (secondary N) is 1. The van der Waals surface area contributed by atoms with E-state index in [4.69, 9.17) is 0 Å². The molecule has 0 aromatic heterocycles. The fraction of sp³-hybridized carbons (Fsp3) is 0.435. The molecule has 0 atom stereocenters. The molecule has 0 radical (unpaired) electrons. The van der Waals surface area contributed by atoms with Gasteiger partial charge in [-0.2, -0.15) is 0 Å². The maximum atomic E-state index is 12.7. The number of nitrogens with zero attached hydrogens (tertiary/aromatic N) is 3. The van der Waals surface area contributed by atoms with Crippen LogP contribution in [0.1, 0.15) is 25.0 Å². The highest BCUT2D eigenvalue weighted by molar-refractivity contribution is 5.89. The van der Waals surface area contributed by atoms with Crippen molar-refractivity contribution >= 4 is 23.1 Å². The minimum atomic E-state index is -0.0169. The van der Waals surface area contributed by atoms with E-state index >= 15 is 0 Å². The second-order valence-electron chi connectivity index (χ2n) is 7.36. The first-order chi connectivity index (χ1) is 13.5. The zero-order valence-electron chi connectivity index (χ0n) is 17.5. The number of anilines is 3. The van der Waals surface area contributed by atoms with Gasteiger partial charge in [0.2, 0.25) is 0 Å². The Morgan fingerprint density at radius 3 is 2.04 bits per heavy atom. The molecule has 0 unspecified atom stereocenters. The molecule has 1 fully saturated rings. The van der Waals surface area contributed by atoms with Crippen LogP contribution in [0.3, 0.4) is 0 Å². The van der Waals surface area contributed by atoms with Crippen molar-refractivity contribution in [1.29, 1.82) is 0 Å². The van der Waals surface area contributed by atoms with E-state index in [9.17, 15) is 4.79 Å². The number of para-hydroxylation sites is 1. The van der Waals surface area contributed by atoms with Crippen LogP contribution < -0.4 is 15.1 Å². The lowest BCUT2D eigenvalue weighted by Crippen LogP contribution is -2.50. The van der Waals surface area contributed by atoms with Crippen LogP contribution in [-0.2, 0) is 0 Å². The third-order valence-electron chi connectivity index (χ3n) is 5.57. The summed E-state index contributed by atoms with van der Waals surface area (Å²) in [5.41, 5.74) is 5.94. The Morgan fingerprint density at radius 2 is 1.50 bits per heavy atom. The standard InChI is InChI=1S/C23H32N4O/c1-5-25(6-2)21-12-10-20(11-13-21)24-23(28)27-16-14-26(15-17-27)22-18(3)8-7-9-19(22)4/h7-13H,5-6,14-17H2,1-4H3,(H,24,28). The Kier molecular flexibility index (Phi) is 6.45. The van der Waals surface area contributed by atoms with E-state index < -0.39 is 0 Å². The van der Waals surface area contributed by atoms with Crippen molar-refractivity contribution in [3.63, 3.8) is 0 Å². The number of carbonyl (C=O) groups is 1. The number of hydrogen-bond acceptors (Lipinski definition) is 3. The largest absolute Gasteiger partial charge is 0.372 e. The van der Waals surface area contributed by atoms with Gasteiger partial charge >= 0.3 is 6.03 Å². The number of hydrogen-bond donors (Lipinski definition) is 1. The molecule has 1 heterocycles. The third kappa shape index (κ3) is 4.41. The molecule has 1 aliphatic heterocycles. The van der Waals surface area contributed by atoms with Gasteiger partial charge in [0.15, 0.2) is 0 Å². The Bertz CT molecular complexity index is 770. The van der Waals surface area contributed by atoms with E-state index in [0.29, 0.717) is 0 Å². The predicted octanol–water partition coefficient (Wildman–Crippen LogP) is 4.50. The Morgan fingerprint density at radius 1 is 0.929 bits per heavy atom. The van der Waals surface area contributed by atoms with Gasteiger partial charge in [0.05, 0.1) is 0 Å². The highest BCUT2D eigenvalue weighted by Gasteiger charge is 2.23. The molecule has 0 aliphatic carbocycles. The lowest BCUT2D eigenvalue weighted by molar-refractivity contribution is 0.208. The number of urea groups is 1. The summed E-state index contributed by atoms with van der Waals surface area (Å²) in [7, 11) is 0. The summed E-state index contributed by atoms with van der Waals surface area (Å²) in [5.74, 6) is 0. The normalized spacial score (nSPS) is 14.1. The molecule has 2 amide bonds. The Labute approximate surface area is 168 Å². The average Bonchev–Trinajstić information content (AvgIpc) is 2.70. The fourth-order valence-corrected chi connectivity index (χ4v) is 3.98. The molecule has 3 rings (SSSR count). The lowest BCUT2D eigenvalue weighted by Gasteiger charge is -2.37. The maximum absolute atomic E-state index is 12.7. The molecule has 1 saturated heterocycles. The van der Waals surface area contributed by atoms with Crippen LogP contribution in [0, 0.1) is 13.8 Å². The van der Waals surface area contributed by atoms with E-state index in [2.05, 4.69) is 73.1 Å². The molecule has 150 valence electrons. The van der Waals surface area contributed by atoms with Gasteiger partial charge in [0.25, 0.3) is 0 Å². The van der Waals surface area contributed by atoms with Crippen molar-refractivity contribution < 1.29 is 4.79 Å². The minimum absolute atomic E-state index is 0.0169. The summed E-state index contributed by atoms with van der Waals surface area (Å²) in [6.07, 6.45) is 0. The average molecular weight is 381 g/mol. The number of carbonyl (C=O) groups excluding carboxylic acids is 1. The quantitative estimate of drug-likeness (QED) is 0.830. The highest BCUT2D eigenvalue weighted by atomic mass is 16.2. The third-order valence-corrected chi connectivity index (χ3v) is 5.57. The second kappa shape index (κ2) is 9.00. The Balaban J connectivity index is 1.57. The summed E-state index contributed by atoms with van der Waals surface area (Å²) < 4.78 is 0. The van der Waals surface area contributed by atoms with E-state index in [1.165, 1.54) is 22.5 Å². The summed E-state index contributed by atoms with van der Waals surface area (Å²) >= 11 is 0. The van der Waals surface area contributed by atoms with Crippen molar-refractivity contribution in [2.75, 3.05) is 54.4 Å². The SMILES string of the molecule is CCN(CC)c1ccc(NC(=O)N2CCN(c3c(C)cccc3C)CC2)cc1. The number of benzene rings is 2. The van der Waals surface area contributed by atoms with Gasteiger partial charge in [-0.3, -0.25) is 0 Å². The zero-order valence-corrected chi connectivity index (χ0v) is 17.5. The molecule has 5 nitrogen and oxygen atoms in total. The first-order valence-electron chi connectivity index (χ1n) is 10.3. The van der Waals surface area contributed by atoms with Crippen LogP contribution in [0.2, 0.25) is 0 Å². The monoisotopic (exact) mass is 380 g/mol. The highest BCUT2D eigenvalue weighted by Crippen LogP contribution is 2.26. The first kappa shape index (κ1) is 20.1. The van der Waals surface area contributed by atoms with E-state index in [-0.39, 0.29) is 6.03 Å². The van der Waals surface area contributed by atoms with Crippen molar-refractivity contribution in [1.82, 2.24) is 4.90 Å². The number of amides is 2. The number of aryl methyl sites for hydroxylation is 2. The molecule has 0 bridgehead atoms. The molecule has 0 saturated carbocycles. The van der Waals surface area contributed by atoms with E-state index in [1.54, 1.807) is 0 Å². The lowest BCUT2D eigenvalue weighted by atomic mass is 10.1. The minimum Gasteiger partial charge on any atom is -0.372 e. The first-order valence-corrected chi connectivity index (χ1v) is 10.3. The summed E-state index contributed by atoms with van der Waals surface area (Å²) in [4.78, 5) is 19.3. The summed E-state index contributed by atoms with van der Waals surface area (Å²) in [6, 6.07) is 14.5. The van der Waals surface area contributed by atoms with Crippen LogP contribution in [0.15, 0.2) is 42.5 Å². The molecule has 5 heteroatoms. The van der Waals surface area contributed by atoms with E-state index in [1.807, 2.05) is 17.0 Å². The Hall–Kier alpha value is -2.69. The van der Waals surface area contributed by atoms with Crippen molar-refractivity contribution in [3.05, 3.63) is 53.6 Å². The van der Waals surface area contributed by atoms with Crippen molar-refractivity contribution in [2.45, 2.75) is 27.7 Å². The predicted molar refractivity (Wildman–Crippen MR) is 119 cm³/mol. The van der Waals surface area contributed by atoms with Gasteiger partial charge in [-0.1, -0.05) is 18.2 Å². The topological polar surface area (TPSA) is 38.8 Å². The second-order valence-corrected chi connectivity index (χ2v) is 7.36. The molecule has 1 aliphatic rings. The van der Waals surface area contributed by atoms with Gasteiger partial charge < -0.3 is 20.0 Å². The van der Waals surface area contributed by atoms with Crippen molar-refractivity contribution in [2.24, 2.45) is 0 Å². The number of piperazine rings is 1. The van der Waals surface area contributed by atoms with Crippen LogP contribution in [0.25, 0.3) is 0 Å². The molecule has 28 heavy (non-hydrogen) atoms. The van der Waals surface area contributed by atoms with Crippen LogP contribution >= 0.6 is 0 Å². The molecule has 0 spiro atoms. The molecular formula is C23H32N4O. The summed E-state index contributed by atoms with van der Waals surface area (Å²) in [5, 5.41) is 3.04. The van der Waals surface area contributed by atoms with Gasteiger partial charge in [0.1, 0.15) is 0 Å². The maximum Gasteiger partial charge on any atom is 0.321 e. The van der Waals surface area contributed by atoms with Crippen LogP contribution in [0.4, 0.5) is 21.9 Å². The molecule has 2 aromatic rings. The summed E-state index contributed by atoms with van der Waals surface area (Å²) in [6.45, 7) is 13.8. The van der Waals surface area contributed by atoms with Crippen LogP contribution in [-0.4, -0.2) is 50.2 Å². The van der Waals surface area contributed by atoms with Gasteiger partial charge in [-0.25, -0.2) is 4.79 Å². The van der Waals surface area contributed by atoms with E-state index in [0.717, 1.165) is 45.0 Å².